The first-order valence-electron chi connectivity index (χ1n) is 6.85. The van der Waals surface area contributed by atoms with Gasteiger partial charge < -0.3 is 10.8 Å². The molecule has 18 heavy (non-hydrogen) atoms. The minimum absolute atomic E-state index is 0.210. The summed E-state index contributed by atoms with van der Waals surface area (Å²) in [6.07, 6.45) is 6.08. The van der Waals surface area contributed by atoms with Crippen molar-refractivity contribution in [3.05, 3.63) is 12.2 Å². The van der Waals surface area contributed by atoms with Crippen LogP contribution >= 0.6 is 0 Å². The van der Waals surface area contributed by atoms with Gasteiger partial charge in [0.1, 0.15) is 12.2 Å². The van der Waals surface area contributed by atoms with Crippen LogP contribution in [0.1, 0.15) is 51.4 Å². The summed E-state index contributed by atoms with van der Waals surface area (Å²) in [4.78, 5) is 4.34. The van der Waals surface area contributed by atoms with E-state index in [0.717, 1.165) is 37.9 Å². The van der Waals surface area contributed by atoms with E-state index in [1.165, 1.54) is 0 Å². The van der Waals surface area contributed by atoms with Crippen LogP contribution in [0.4, 0.5) is 0 Å². The van der Waals surface area contributed by atoms with Crippen LogP contribution < -0.4 is 5.73 Å². The van der Waals surface area contributed by atoms with Gasteiger partial charge in [0.15, 0.2) is 0 Å². The monoisotopic (exact) mass is 252 g/mol. The summed E-state index contributed by atoms with van der Waals surface area (Å²) in [7, 11) is 0. The smallest absolute Gasteiger partial charge is 0.138 e. The van der Waals surface area contributed by atoms with Crippen molar-refractivity contribution in [3.63, 3.8) is 0 Å². The summed E-state index contributed by atoms with van der Waals surface area (Å²) in [5, 5.41) is 14.6. The van der Waals surface area contributed by atoms with Gasteiger partial charge in [-0.3, -0.25) is 0 Å². The number of aliphatic hydroxyl groups is 1. The van der Waals surface area contributed by atoms with E-state index in [9.17, 15) is 5.11 Å². The van der Waals surface area contributed by atoms with Crippen LogP contribution in [0.5, 0.6) is 0 Å². The highest BCUT2D eigenvalue weighted by Crippen LogP contribution is 2.38. The number of hydrogen-bond acceptors (Lipinski definition) is 4. The molecule has 0 spiro atoms. The molecule has 0 aromatic carbocycles. The van der Waals surface area contributed by atoms with Gasteiger partial charge in [-0.2, -0.15) is 5.10 Å². The lowest BCUT2D eigenvalue weighted by molar-refractivity contribution is -0.00786. The number of nitrogens with zero attached hydrogens (tertiary/aromatic N) is 3. The molecule has 5 heteroatoms. The van der Waals surface area contributed by atoms with Gasteiger partial charge >= 0.3 is 0 Å². The molecule has 1 aromatic rings. The number of nitrogens with two attached hydrogens (primary N) is 1. The molecule has 1 aliphatic rings. The Balaban J connectivity index is 2.21. The average Bonchev–Trinajstić information content (AvgIpc) is 2.80. The molecule has 102 valence electrons. The zero-order valence-corrected chi connectivity index (χ0v) is 11.3. The topological polar surface area (TPSA) is 77.0 Å². The van der Waals surface area contributed by atoms with E-state index in [-0.39, 0.29) is 17.6 Å². The summed E-state index contributed by atoms with van der Waals surface area (Å²) in [6.45, 7) is 4.69. The molecule has 1 heterocycles. The number of hydrogen-bond donors (Lipinski definition) is 2. The molecule has 1 aromatic heterocycles. The normalized spacial score (nSPS) is 28.8. The Bertz CT molecular complexity index is 390. The second kappa shape index (κ2) is 5.36. The maximum Gasteiger partial charge on any atom is 0.138 e. The molecule has 1 aliphatic carbocycles. The minimum atomic E-state index is -0.312. The third-order valence-electron chi connectivity index (χ3n) is 4.16. The molecule has 3 N–H and O–H groups in total. The fraction of sp³-hybridized carbons (Fsp3) is 0.846. The average molecular weight is 252 g/mol. The Labute approximate surface area is 108 Å². The lowest BCUT2D eigenvalue weighted by atomic mass is 9.69. The molecule has 1 saturated carbocycles. The van der Waals surface area contributed by atoms with Crippen LogP contribution in [0.25, 0.3) is 0 Å². The van der Waals surface area contributed by atoms with Crippen LogP contribution in [-0.2, 0) is 6.42 Å². The molecule has 0 bridgehead atoms. The molecular formula is C13H24N4O. The summed E-state index contributed by atoms with van der Waals surface area (Å²) in [5.74, 6) is 0.941. The van der Waals surface area contributed by atoms with E-state index in [2.05, 4.69) is 23.9 Å². The van der Waals surface area contributed by atoms with Gasteiger partial charge in [0.2, 0.25) is 0 Å². The van der Waals surface area contributed by atoms with E-state index in [1.54, 1.807) is 6.33 Å². The quantitative estimate of drug-likeness (QED) is 0.846. The lowest BCUT2D eigenvalue weighted by Gasteiger charge is -2.40. The predicted octanol–water partition coefficient (Wildman–Crippen LogP) is 1.28. The fourth-order valence-electron chi connectivity index (χ4n) is 2.95. The zero-order chi connectivity index (χ0) is 13.2. The van der Waals surface area contributed by atoms with Crippen molar-refractivity contribution in [3.8, 4) is 0 Å². The summed E-state index contributed by atoms with van der Waals surface area (Å²) in [6, 6.07) is 0.290. The van der Waals surface area contributed by atoms with Gasteiger partial charge in [-0.15, -0.1) is 0 Å². The van der Waals surface area contributed by atoms with E-state index in [1.807, 2.05) is 4.68 Å². The van der Waals surface area contributed by atoms with Crippen molar-refractivity contribution in [2.24, 2.45) is 11.1 Å². The standard InChI is InChI=1S/C13H24N4O/c1-10(2)17-12(15-9-16-17)7-13(8-14)6-4-3-5-11(13)18/h9-11,18H,3-8,14H2,1-2H3. The second-order valence-corrected chi connectivity index (χ2v) is 5.72. The van der Waals surface area contributed by atoms with Crippen LogP contribution in [0.15, 0.2) is 6.33 Å². The highest BCUT2D eigenvalue weighted by Gasteiger charge is 2.40. The Morgan fingerprint density at radius 3 is 2.94 bits per heavy atom. The van der Waals surface area contributed by atoms with Crippen molar-refractivity contribution in [1.82, 2.24) is 14.8 Å². The summed E-state index contributed by atoms with van der Waals surface area (Å²) >= 11 is 0. The Hall–Kier alpha value is -0.940. The van der Waals surface area contributed by atoms with Crippen LogP contribution in [-0.4, -0.2) is 32.5 Å². The molecule has 0 saturated heterocycles. The number of rotatable bonds is 4. The molecule has 2 rings (SSSR count). The van der Waals surface area contributed by atoms with Gasteiger partial charge in [-0.05, 0) is 26.7 Å². The van der Waals surface area contributed by atoms with Crippen LogP contribution in [0.2, 0.25) is 0 Å². The predicted molar refractivity (Wildman–Crippen MR) is 70.1 cm³/mol. The Morgan fingerprint density at radius 2 is 2.33 bits per heavy atom. The van der Waals surface area contributed by atoms with Gasteiger partial charge in [-0.1, -0.05) is 12.8 Å². The van der Waals surface area contributed by atoms with E-state index >= 15 is 0 Å². The minimum Gasteiger partial charge on any atom is -0.392 e. The first-order valence-corrected chi connectivity index (χ1v) is 6.85. The Kier molecular flexibility index (Phi) is 4.02. The number of aromatic nitrogens is 3. The van der Waals surface area contributed by atoms with Crippen molar-refractivity contribution < 1.29 is 5.11 Å². The first-order chi connectivity index (χ1) is 8.59. The molecule has 2 unspecified atom stereocenters. The molecule has 0 radical (unpaired) electrons. The van der Waals surface area contributed by atoms with Gasteiger partial charge in [-0.25, -0.2) is 9.67 Å². The third kappa shape index (κ3) is 2.42. The van der Waals surface area contributed by atoms with E-state index < -0.39 is 0 Å². The maximum atomic E-state index is 10.3. The molecule has 5 nitrogen and oxygen atoms in total. The molecule has 0 aliphatic heterocycles. The lowest BCUT2D eigenvalue weighted by Crippen LogP contribution is -2.46. The number of aliphatic hydroxyl groups excluding tert-OH is 1. The summed E-state index contributed by atoms with van der Waals surface area (Å²) < 4.78 is 1.93. The van der Waals surface area contributed by atoms with Gasteiger partial charge in [0, 0.05) is 24.4 Å². The van der Waals surface area contributed by atoms with Crippen molar-refractivity contribution in [1.29, 1.82) is 0 Å². The molecule has 0 amide bonds. The maximum absolute atomic E-state index is 10.3. The van der Waals surface area contributed by atoms with E-state index in [4.69, 9.17) is 5.73 Å². The van der Waals surface area contributed by atoms with Crippen molar-refractivity contribution in [2.45, 2.75) is 58.1 Å². The highest BCUT2D eigenvalue weighted by atomic mass is 16.3. The largest absolute Gasteiger partial charge is 0.392 e. The van der Waals surface area contributed by atoms with Crippen molar-refractivity contribution >= 4 is 0 Å². The molecule has 1 fully saturated rings. The SMILES string of the molecule is CC(C)n1ncnc1CC1(CN)CCCCC1O. The Morgan fingerprint density at radius 1 is 1.56 bits per heavy atom. The third-order valence-corrected chi connectivity index (χ3v) is 4.16. The fourth-order valence-corrected chi connectivity index (χ4v) is 2.95. The second-order valence-electron chi connectivity index (χ2n) is 5.72. The van der Waals surface area contributed by atoms with Gasteiger partial charge in [0.25, 0.3) is 0 Å². The zero-order valence-electron chi connectivity index (χ0n) is 11.3. The van der Waals surface area contributed by atoms with Gasteiger partial charge in [0.05, 0.1) is 6.10 Å². The highest BCUT2D eigenvalue weighted by molar-refractivity contribution is 5.00. The molecular weight excluding hydrogens is 228 g/mol. The van der Waals surface area contributed by atoms with Crippen LogP contribution in [0.3, 0.4) is 0 Å². The first kappa shape index (κ1) is 13.5. The van der Waals surface area contributed by atoms with Crippen molar-refractivity contribution in [2.75, 3.05) is 6.54 Å². The summed E-state index contributed by atoms with van der Waals surface area (Å²) in [5.41, 5.74) is 5.74. The molecule has 2 atom stereocenters. The van der Waals surface area contributed by atoms with Crippen LogP contribution in [0, 0.1) is 5.41 Å². The van der Waals surface area contributed by atoms with E-state index in [0.29, 0.717) is 6.54 Å².